The summed E-state index contributed by atoms with van der Waals surface area (Å²) in [5.74, 6) is -0.724. The van der Waals surface area contributed by atoms with E-state index in [4.69, 9.17) is 0 Å². The predicted molar refractivity (Wildman–Crippen MR) is 157 cm³/mol. The number of benzene rings is 3. The first kappa shape index (κ1) is 28.1. The van der Waals surface area contributed by atoms with Crippen molar-refractivity contribution in [2.24, 2.45) is 10.2 Å². The van der Waals surface area contributed by atoms with Crippen molar-refractivity contribution in [3.8, 4) is 0 Å². The summed E-state index contributed by atoms with van der Waals surface area (Å²) in [6.45, 7) is 12.3. The molecule has 0 saturated heterocycles. The Morgan fingerprint density at radius 1 is 0.579 bits per heavy atom. The summed E-state index contributed by atoms with van der Waals surface area (Å²) in [7, 11) is 0. The molecule has 3 aromatic carbocycles. The van der Waals surface area contributed by atoms with Crippen LogP contribution in [0.1, 0.15) is 59.5 Å². The topological polar surface area (TPSA) is 89.4 Å². The second-order valence-corrected chi connectivity index (χ2v) is 8.50. The quantitative estimate of drug-likeness (QED) is 0.267. The van der Waals surface area contributed by atoms with Crippen molar-refractivity contribution < 1.29 is 9.59 Å². The highest BCUT2D eigenvalue weighted by Gasteiger charge is 2.08. The molecule has 0 radical (unpaired) electrons. The van der Waals surface area contributed by atoms with E-state index in [0.717, 1.165) is 48.7 Å². The Labute approximate surface area is 225 Å². The van der Waals surface area contributed by atoms with Gasteiger partial charge in [0.15, 0.2) is 0 Å². The number of nitrogens with zero attached hydrogens (tertiary/aromatic N) is 4. The maximum Gasteiger partial charge on any atom is 0.271 e. The fourth-order valence-corrected chi connectivity index (χ4v) is 3.95. The van der Waals surface area contributed by atoms with Crippen molar-refractivity contribution in [2.45, 2.75) is 27.7 Å². The van der Waals surface area contributed by atoms with Gasteiger partial charge in [-0.15, -0.1) is 0 Å². The number of rotatable bonds is 12. The monoisotopic (exact) mass is 512 g/mol. The molecule has 3 rings (SSSR count). The van der Waals surface area contributed by atoms with Crippen molar-refractivity contribution in [3.05, 3.63) is 95.1 Å². The molecular formula is C30H36N6O2. The fourth-order valence-electron chi connectivity index (χ4n) is 3.95. The lowest BCUT2D eigenvalue weighted by atomic mass is 10.1. The third-order valence-electron chi connectivity index (χ3n) is 6.21. The molecule has 38 heavy (non-hydrogen) atoms. The van der Waals surface area contributed by atoms with E-state index in [1.807, 2.05) is 48.5 Å². The Hall–Kier alpha value is -4.46. The van der Waals surface area contributed by atoms with Crippen LogP contribution in [0, 0.1) is 0 Å². The zero-order valence-electron chi connectivity index (χ0n) is 22.5. The minimum absolute atomic E-state index is 0.362. The van der Waals surface area contributed by atoms with E-state index in [9.17, 15) is 9.59 Å². The number of amides is 2. The van der Waals surface area contributed by atoms with Gasteiger partial charge in [0, 0.05) is 48.7 Å². The second-order valence-electron chi connectivity index (χ2n) is 8.50. The molecule has 0 bridgehead atoms. The third-order valence-corrected chi connectivity index (χ3v) is 6.21. The molecule has 0 aromatic heterocycles. The van der Waals surface area contributed by atoms with E-state index >= 15 is 0 Å². The molecule has 3 aromatic rings. The highest BCUT2D eigenvalue weighted by atomic mass is 16.2. The molecule has 0 aliphatic rings. The first-order chi connectivity index (χ1) is 18.5. The van der Waals surface area contributed by atoms with Crippen LogP contribution in [0.15, 0.2) is 83.0 Å². The molecular weight excluding hydrogens is 476 g/mol. The van der Waals surface area contributed by atoms with E-state index in [2.05, 4.69) is 58.5 Å². The van der Waals surface area contributed by atoms with Gasteiger partial charge in [0.25, 0.3) is 11.8 Å². The maximum atomic E-state index is 12.4. The van der Waals surface area contributed by atoms with Crippen molar-refractivity contribution in [2.75, 3.05) is 36.0 Å². The van der Waals surface area contributed by atoms with Gasteiger partial charge < -0.3 is 9.80 Å². The van der Waals surface area contributed by atoms with Crippen LogP contribution in [0.25, 0.3) is 0 Å². The molecule has 8 nitrogen and oxygen atoms in total. The summed E-state index contributed by atoms with van der Waals surface area (Å²) in [5.41, 5.74) is 9.89. The van der Waals surface area contributed by atoms with Crippen molar-refractivity contribution >= 4 is 35.6 Å². The normalized spacial score (nSPS) is 11.1. The fraction of sp³-hybridized carbons (Fsp3) is 0.267. The molecule has 0 unspecified atom stereocenters. The molecule has 0 heterocycles. The zero-order valence-corrected chi connectivity index (χ0v) is 22.5. The minimum atomic E-state index is -0.362. The highest BCUT2D eigenvalue weighted by Crippen LogP contribution is 2.15. The minimum Gasteiger partial charge on any atom is -0.372 e. The van der Waals surface area contributed by atoms with Crippen LogP contribution in [0.3, 0.4) is 0 Å². The number of hydrogen-bond donors (Lipinski definition) is 2. The second kappa shape index (κ2) is 14.3. The molecule has 0 spiro atoms. The molecule has 0 fully saturated rings. The highest BCUT2D eigenvalue weighted by molar-refractivity contribution is 5.98. The first-order valence-corrected chi connectivity index (χ1v) is 13.0. The Kier molecular flexibility index (Phi) is 10.6. The lowest BCUT2D eigenvalue weighted by Crippen LogP contribution is -2.21. The predicted octanol–water partition coefficient (Wildman–Crippen LogP) is 4.91. The van der Waals surface area contributed by atoms with Crippen LogP contribution >= 0.6 is 0 Å². The average Bonchev–Trinajstić information content (AvgIpc) is 2.96. The lowest BCUT2D eigenvalue weighted by molar-refractivity contribution is 0.0943. The summed E-state index contributed by atoms with van der Waals surface area (Å²) in [6.07, 6.45) is 3.20. The van der Waals surface area contributed by atoms with E-state index in [0.29, 0.717) is 11.1 Å². The number of carbonyl (C=O) groups is 2. The van der Waals surface area contributed by atoms with E-state index in [1.54, 1.807) is 36.7 Å². The number of anilines is 2. The molecule has 0 aliphatic carbocycles. The average molecular weight is 513 g/mol. The van der Waals surface area contributed by atoms with Gasteiger partial charge in [-0.05, 0) is 87.4 Å². The van der Waals surface area contributed by atoms with Crippen LogP contribution in [-0.2, 0) is 0 Å². The van der Waals surface area contributed by atoms with E-state index in [1.165, 1.54) is 0 Å². The maximum absolute atomic E-state index is 12.4. The van der Waals surface area contributed by atoms with Gasteiger partial charge in [-0.25, -0.2) is 10.9 Å². The van der Waals surface area contributed by atoms with Crippen LogP contribution < -0.4 is 20.7 Å². The van der Waals surface area contributed by atoms with Gasteiger partial charge in [-0.3, -0.25) is 9.59 Å². The number of carbonyl (C=O) groups excluding carboxylic acids is 2. The van der Waals surface area contributed by atoms with Gasteiger partial charge >= 0.3 is 0 Å². The van der Waals surface area contributed by atoms with Crippen LogP contribution in [0.4, 0.5) is 11.4 Å². The molecule has 2 amide bonds. The lowest BCUT2D eigenvalue weighted by Gasteiger charge is -2.20. The Morgan fingerprint density at radius 3 is 1.18 bits per heavy atom. The molecule has 198 valence electrons. The largest absolute Gasteiger partial charge is 0.372 e. The van der Waals surface area contributed by atoms with Crippen molar-refractivity contribution in [3.63, 3.8) is 0 Å². The van der Waals surface area contributed by atoms with E-state index in [-0.39, 0.29) is 11.8 Å². The summed E-state index contributed by atoms with van der Waals surface area (Å²) >= 11 is 0. The molecule has 2 N–H and O–H groups in total. The Bertz CT molecular complexity index is 1130. The third kappa shape index (κ3) is 7.77. The summed E-state index contributed by atoms with van der Waals surface area (Å²) in [4.78, 5) is 29.3. The smallest absolute Gasteiger partial charge is 0.271 e. The molecule has 8 heteroatoms. The van der Waals surface area contributed by atoms with Crippen LogP contribution in [0.2, 0.25) is 0 Å². The number of hydrogen-bond acceptors (Lipinski definition) is 6. The SMILES string of the molecule is CCN(CC)c1ccc(C=NNC(=O)c2ccc(C(=O)NN=Cc3ccc(N(CC)CC)cc3)cc2)cc1. The van der Waals surface area contributed by atoms with Gasteiger partial charge in [0.1, 0.15) is 0 Å². The van der Waals surface area contributed by atoms with Gasteiger partial charge in [-0.1, -0.05) is 24.3 Å². The Balaban J connectivity index is 1.50. The zero-order chi connectivity index (χ0) is 27.3. The number of nitrogens with one attached hydrogen (secondary N) is 2. The van der Waals surface area contributed by atoms with Crippen molar-refractivity contribution in [1.82, 2.24) is 10.9 Å². The summed E-state index contributed by atoms with van der Waals surface area (Å²) < 4.78 is 0. The van der Waals surface area contributed by atoms with Crippen LogP contribution in [-0.4, -0.2) is 50.4 Å². The standard InChI is InChI=1S/C30H36N6O2/c1-5-35(6-2)27-17-9-23(10-18-27)21-31-33-29(37)25-13-15-26(16-14-25)30(38)34-32-22-24-11-19-28(20-12-24)36(7-3)8-4/h9-22H,5-8H2,1-4H3,(H,33,37)(H,34,38). The van der Waals surface area contributed by atoms with Gasteiger partial charge in [-0.2, -0.15) is 10.2 Å². The van der Waals surface area contributed by atoms with Gasteiger partial charge in [0.2, 0.25) is 0 Å². The first-order valence-electron chi connectivity index (χ1n) is 13.0. The summed E-state index contributed by atoms with van der Waals surface area (Å²) in [5, 5.41) is 8.09. The molecule has 0 saturated carbocycles. The van der Waals surface area contributed by atoms with Crippen molar-refractivity contribution in [1.29, 1.82) is 0 Å². The summed E-state index contributed by atoms with van der Waals surface area (Å²) in [6, 6.07) is 22.3. The van der Waals surface area contributed by atoms with Crippen LogP contribution in [0.5, 0.6) is 0 Å². The van der Waals surface area contributed by atoms with E-state index < -0.39 is 0 Å². The molecule has 0 aliphatic heterocycles. The molecule has 0 atom stereocenters. The van der Waals surface area contributed by atoms with Gasteiger partial charge in [0.05, 0.1) is 12.4 Å². The number of hydrazone groups is 2. The Morgan fingerprint density at radius 2 is 0.895 bits per heavy atom.